The van der Waals surface area contributed by atoms with Crippen molar-refractivity contribution in [1.82, 2.24) is 0 Å². The van der Waals surface area contributed by atoms with Crippen LogP contribution in [0.2, 0.25) is 0 Å². The first-order chi connectivity index (χ1) is 8.76. The predicted octanol–water partition coefficient (Wildman–Crippen LogP) is 1.35. The fourth-order valence-electron chi connectivity index (χ4n) is 2.27. The molecular weight excluding hydrogens is 273 g/mol. The molecule has 19 heavy (non-hydrogen) atoms. The highest BCUT2D eigenvalue weighted by atomic mass is 32.3. The lowest BCUT2D eigenvalue weighted by atomic mass is 10.1. The van der Waals surface area contributed by atoms with Crippen molar-refractivity contribution in [2.24, 2.45) is 5.92 Å². The van der Waals surface area contributed by atoms with Gasteiger partial charge in [-0.15, -0.1) is 3.89 Å². The molecule has 1 aromatic rings. The van der Waals surface area contributed by atoms with E-state index in [9.17, 15) is 22.2 Å². The Labute approximate surface area is 110 Å². The maximum atomic E-state index is 12.6. The molecule has 0 radical (unpaired) electrons. The molecule has 1 aromatic carbocycles. The Bertz CT molecular complexity index is 614. The molecule has 1 heterocycles. The molecule has 0 aliphatic carbocycles. The number of aryl methyl sites for hydroxylation is 1. The number of phenolic OH excluding ortho intramolecular Hbond substituents is 1. The Hall–Kier alpha value is -1.63. The molecule has 0 spiro atoms. The van der Waals surface area contributed by atoms with Crippen molar-refractivity contribution >= 4 is 21.8 Å². The molecule has 1 fully saturated rings. The van der Waals surface area contributed by atoms with E-state index in [1.807, 2.05) is 0 Å². The van der Waals surface area contributed by atoms with Gasteiger partial charge >= 0.3 is 10.2 Å². The van der Waals surface area contributed by atoms with E-state index in [-0.39, 0.29) is 24.6 Å². The zero-order valence-electron chi connectivity index (χ0n) is 10.3. The van der Waals surface area contributed by atoms with Gasteiger partial charge in [0.25, 0.3) is 0 Å². The molecule has 5 nitrogen and oxygen atoms in total. The van der Waals surface area contributed by atoms with Crippen molar-refractivity contribution in [2.45, 2.75) is 13.3 Å². The number of carbonyl (C=O) groups excluding carboxylic acids is 1. The van der Waals surface area contributed by atoms with Crippen LogP contribution in [0.25, 0.3) is 0 Å². The summed E-state index contributed by atoms with van der Waals surface area (Å²) in [4.78, 5) is 13.1. The van der Waals surface area contributed by atoms with Gasteiger partial charge in [0, 0.05) is 18.9 Å². The molecule has 1 saturated heterocycles. The number of anilines is 1. The summed E-state index contributed by atoms with van der Waals surface area (Å²) in [6.45, 7) is 1.90. The van der Waals surface area contributed by atoms with Gasteiger partial charge in [-0.25, -0.2) is 0 Å². The Morgan fingerprint density at radius 1 is 1.47 bits per heavy atom. The van der Waals surface area contributed by atoms with Gasteiger partial charge in [0.05, 0.1) is 11.4 Å². The Morgan fingerprint density at radius 3 is 2.74 bits per heavy atom. The quantitative estimate of drug-likeness (QED) is 0.852. The SMILES string of the molecule is Cc1ccc(N2CC(CS(=O)(=O)F)CC2=O)c(O)c1. The van der Waals surface area contributed by atoms with Gasteiger partial charge in [-0.1, -0.05) is 6.07 Å². The molecule has 2 rings (SSSR count). The van der Waals surface area contributed by atoms with E-state index in [2.05, 4.69) is 0 Å². The van der Waals surface area contributed by atoms with Crippen LogP contribution in [0.1, 0.15) is 12.0 Å². The van der Waals surface area contributed by atoms with Crippen LogP contribution in [0.15, 0.2) is 18.2 Å². The first-order valence-corrected chi connectivity index (χ1v) is 7.34. The highest BCUT2D eigenvalue weighted by Crippen LogP contribution is 2.33. The Morgan fingerprint density at radius 2 is 2.16 bits per heavy atom. The second-order valence-corrected chi connectivity index (χ2v) is 6.18. The fraction of sp³-hybridized carbons (Fsp3) is 0.417. The number of hydrogen-bond acceptors (Lipinski definition) is 4. The molecule has 0 saturated carbocycles. The lowest BCUT2D eigenvalue weighted by Crippen LogP contribution is -2.25. The van der Waals surface area contributed by atoms with Gasteiger partial charge in [-0.3, -0.25) is 4.79 Å². The average molecular weight is 287 g/mol. The van der Waals surface area contributed by atoms with Crippen molar-refractivity contribution in [3.05, 3.63) is 23.8 Å². The summed E-state index contributed by atoms with van der Waals surface area (Å²) in [6, 6.07) is 4.85. The van der Waals surface area contributed by atoms with Crippen LogP contribution in [0.4, 0.5) is 9.57 Å². The molecule has 1 N–H and O–H groups in total. The molecule has 1 atom stereocenters. The summed E-state index contributed by atoms with van der Waals surface area (Å²) in [5, 5.41) is 9.80. The van der Waals surface area contributed by atoms with E-state index in [4.69, 9.17) is 0 Å². The highest BCUT2D eigenvalue weighted by Gasteiger charge is 2.34. The Balaban J connectivity index is 2.20. The summed E-state index contributed by atoms with van der Waals surface area (Å²) in [7, 11) is -4.59. The number of rotatable bonds is 3. The molecule has 1 unspecified atom stereocenters. The molecule has 0 aromatic heterocycles. The lowest BCUT2D eigenvalue weighted by Gasteiger charge is -2.18. The van der Waals surface area contributed by atoms with Crippen LogP contribution in [0.3, 0.4) is 0 Å². The zero-order chi connectivity index (χ0) is 14.2. The third-order valence-corrected chi connectivity index (χ3v) is 3.93. The second-order valence-electron chi connectivity index (χ2n) is 4.77. The van der Waals surface area contributed by atoms with Crippen LogP contribution in [-0.4, -0.2) is 31.7 Å². The minimum atomic E-state index is -4.59. The number of hydrogen-bond donors (Lipinski definition) is 1. The summed E-state index contributed by atoms with van der Waals surface area (Å²) in [5.74, 6) is -1.60. The molecule has 1 aliphatic rings. The zero-order valence-corrected chi connectivity index (χ0v) is 11.2. The van der Waals surface area contributed by atoms with Gasteiger partial charge in [0.15, 0.2) is 0 Å². The van der Waals surface area contributed by atoms with Gasteiger partial charge in [0.2, 0.25) is 5.91 Å². The lowest BCUT2D eigenvalue weighted by molar-refractivity contribution is -0.117. The Kier molecular flexibility index (Phi) is 3.49. The standard InChI is InChI=1S/C12H14FNO4S/c1-8-2-3-10(11(15)4-8)14-6-9(5-12(14)16)7-19(13,17)18/h2-4,9,15H,5-7H2,1H3. The van der Waals surface area contributed by atoms with Crippen LogP contribution in [0, 0.1) is 12.8 Å². The molecule has 7 heteroatoms. The van der Waals surface area contributed by atoms with E-state index in [0.29, 0.717) is 5.69 Å². The number of benzene rings is 1. The van der Waals surface area contributed by atoms with Crippen molar-refractivity contribution in [1.29, 1.82) is 0 Å². The maximum Gasteiger partial charge on any atom is 0.302 e. The topological polar surface area (TPSA) is 74.7 Å². The van der Waals surface area contributed by atoms with Crippen molar-refractivity contribution in [3.8, 4) is 5.75 Å². The predicted molar refractivity (Wildman–Crippen MR) is 68.2 cm³/mol. The van der Waals surface area contributed by atoms with E-state index in [1.165, 1.54) is 11.0 Å². The first-order valence-electron chi connectivity index (χ1n) is 5.78. The van der Waals surface area contributed by atoms with E-state index < -0.39 is 21.9 Å². The summed E-state index contributed by atoms with van der Waals surface area (Å²) in [6.07, 6.45) is -0.0313. The van der Waals surface area contributed by atoms with Crippen LogP contribution >= 0.6 is 0 Å². The molecule has 0 bridgehead atoms. The number of halogens is 1. The van der Waals surface area contributed by atoms with Crippen LogP contribution in [0.5, 0.6) is 5.75 Å². The smallest absolute Gasteiger partial charge is 0.302 e. The van der Waals surface area contributed by atoms with Gasteiger partial charge < -0.3 is 10.0 Å². The molecule has 1 amide bonds. The minimum Gasteiger partial charge on any atom is -0.506 e. The molecule has 1 aliphatic heterocycles. The van der Waals surface area contributed by atoms with Crippen LogP contribution in [-0.2, 0) is 15.0 Å². The van der Waals surface area contributed by atoms with Crippen molar-refractivity contribution in [3.63, 3.8) is 0 Å². The summed E-state index contributed by atoms with van der Waals surface area (Å²) in [5.41, 5.74) is 1.17. The summed E-state index contributed by atoms with van der Waals surface area (Å²) >= 11 is 0. The van der Waals surface area contributed by atoms with Crippen LogP contribution < -0.4 is 4.90 Å². The number of aromatic hydroxyl groups is 1. The largest absolute Gasteiger partial charge is 0.506 e. The molecular formula is C12H14FNO4S. The monoisotopic (exact) mass is 287 g/mol. The highest BCUT2D eigenvalue weighted by molar-refractivity contribution is 7.86. The second kappa shape index (κ2) is 4.80. The first kappa shape index (κ1) is 13.8. The maximum absolute atomic E-state index is 12.6. The summed E-state index contributed by atoms with van der Waals surface area (Å²) < 4.78 is 33.8. The third-order valence-electron chi connectivity index (χ3n) is 3.06. The van der Waals surface area contributed by atoms with E-state index >= 15 is 0 Å². The van der Waals surface area contributed by atoms with Gasteiger partial charge in [0.1, 0.15) is 5.75 Å². The number of amides is 1. The number of nitrogens with zero attached hydrogens (tertiary/aromatic N) is 1. The fourth-order valence-corrected chi connectivity index (χ4v) is 3.06. The number of phenols is 1. The minimum absolute atomic E-state index is 0.0313. The number of carbonyl (C=O) groups is 1. The van der Waals surface area contributed by atoms with Gasteiger partial charge in [-0.2, -0.15) is 8.42 Å². The van der Waals surface area contributed by atoms with Crippen molar-refractivity contribution in [2.75, 3.05) is 17.2 Å². The average Bonchev–Trinajstić information content (AvgIpc) is 2.56. The normalized spacial score (nSPS) is 20.0. The molecule has 104 valence electrons. The van der Waals surface area contributed by atoms with Crippen molar-refractivity contribution < 1.29 is 22.2 Å². The van der Waals surface area contributed by atoms with E-state index in [0.717, 1.165) is 5.56 Å². The van der Waals surface area contributed by atoms with Gasteiger partial charge in [-0.05, 0) is 24.6 Å². The third kappa shape index (κ3) is 3.23. The van der Waals surface area contributed by atoms with E-state index in [1.54, 1.807) is 19.1 Å².